The largest absolute Gasteiger partial charge is 0.462 e. The van der Waals surface area contributed by atoms with Gasteiger partial charge in [0.1, 0.15) is 0 Å². The Balaban J connectivity index is 1.44. The van der Waals surface area contributed by atoms with Crippen LogP contribution in [0.15, 0.2) is 70.7 Å². The molecular formula is C26H26BrNO4. The summed E-state index contributed by atoms with van der Waals surface area (Å²) in [7, 11) is 0. The smallest absolute Gasteiger partial charge is 0.338 e. The summed E-state index contributed by atoms with van der Waals surface area (Å²) in [6.07, 6.45) is 2.38. The van der Waals surface area contributed by atoms with Gasteiger partial charge < -0.3 is 4.74 Å². The third-order valence-corrected chi connectivity index (χ3v) is 7.06. The number of ether oxygens (including phenoxy) is 1. The Hall–Kier alpha value is -2.73. The molecule has 5 rings (SSSR count). The zero-order chi connectivity index (χ0) is 22.8. The monoisotopic (exact) mass is 495 g/mol. The first kappa shape index (κ1) is 22.5. The SMILES string of the molecule is CC1=C[C@H]2C(=O)N(CCCOC(=O)c3ccc(Br)cc3)C(=O)[C@@H]1[C@H](c1ccccc1)[C@H]2C. The van der Waals surface area contributed by atoms with E-state index >= 15 is 0 Å². The average Bonchev–Trinajstić information content (AvgIpc) is 2.92. The summed E-state index contributed by atoms with van der Waals surface area (Å²) in [6.45, 7) is 4.40. The van der Waals surface area contributed by atoms with Crippen molar-refractivity contribution >= 4 is 33.7 Å². The van der Waals surface area contributed by atoms with Gasteiger partial charge in [0.05, 0.1) is 24.0 Å². The summed E-state index contributed by atoms with van der Waals surface area (Å²) in [5.41, 5.74) is 2.52. The van der Waals surface area contributed by atoms with Gasteiger partial charge in [0.15, 0.2) is 0 Å². The number of benzene rings is 2. The highest BCUT2D eigenvalue weighted by atomic mass is 79.9. The molecule has 6 heteroatoms. The molecule has 2 aromatic rings. The van der Waals surface area contributed by atoms with Gasteiger partial charge in [-0.15, -0.1) is 0 Å². The average molecular weight is 496 g/mol. The molecule has 0 aromatic heterocycles. The second kappa shape index (κ2) is 9.41. The normalized spacial score (nSPS) is 24.8. The summed E-state index contributed by atoms with van der Waals surface area (Å²) in [4.78, 5) is 40.3. The highest BCUT2D eigenvalue weighted by molar-refractivity contribution is 9.10. The summed E-state index contributed by atoms with van der Waals surface area (Å²) in [5.74, 6) is -1.38. The van der Waals surface area contributed by atoms with Crippen molar-refractivity contribution in [1.29, 1.82) is 0 Å². The fourth-order valence-electron chi connectivity index (χ4n) is 4.90. The van der Waals surface area contributed by atoms with Crippen molar-refractivity contribution < 1.29 is 19.1 Å². The quantitative estimate of drug-likeness (QED) is 0.245. The lowest BCUT2D eigenvalue weighted by Crippen LogP contribution is -2.41. The van der Waals surface area contributed by atoms with Crippen molar-refractivity contribution in [3.8, 4) is 0 Å². The lowest BCUT2D eigenvalue weighted by Gasteiger charge is -2.35. The van der Waals surface area contributed by atoms with Crippen molar-refractivity contribution in [2.24, 2.45) is 17.8 Å². The van der Waals surface area contributed by atoms with Gasteiger partial charge in [0.25, 0.3) is 0 Å². The Labute approximate surface area is 196 Å². The number of nitrogens with zero attached hydrogens (tertiary/aromatic N) is 1. The van der Waals surface area contributed by atoms with Crippen molar-refractivity contribution in [2.75, 3.05) is 13.2 Å². The molecular weight excluding hydrogens is 470 g/mol. The number of carbonyl (C=O) groups excluding carboxylic acids is 3. The zero-order valence-electron chi connectivity index (χ0n) is 18.2. The second-order valence-corrected chi connectivity index (χ2v) is 9.45. The van der Waals surface area contributed by atoms with Gasteiger partial charge in [-0.05, 0) is 49.1 Å². The van der Waals surface area contributed by atoms with E-state index in [9.17, 15) is 14.4 Å². The Morgan fingerprint density at radius 2 is 1.72 bits per heavy atom. The number of halogens is 1. The summed E-state index contributed by atoms with van der Waals surface area (Å²) < 4.78 is 6.23. The van der Waals surface area contributed by atoms with E-state index in [4.69, 9.17) is 4.74 Å². The third-order valence-electron chi connectivity index (χ3n) is 6.53. The van der Waals surface area contributed by atoms with E-state index in [1.165, 1.54) is 4.90 Å². The number of hydrogen-bond acceptors (Lipinski definition) is 4. The van der Waals surface area contributed by atoms with Gasteiger partial charge in [0, 0.05) is 16.9 Å². The predicted octanol–water partition coefficient (Wildman–Crippen LogP) is 4.98. The molecule has 166 valence electrons. The number of hydrogen-bond donors (Lipinski definition) is 0. The standard InChI is InChI=1S/C26H26BrNO4/c1-16-15-21-17(2)23(18-7-4-3-5-8-18)22(16)25(30)28(24(21)29)13-6-14-32-26(31)19-9-11-20(27)12-10-19/h3-5,7-12,15,17,21-23H,6,13-14H2,1-2H3/t17-,21+,22-,23-/m0/s1. The van der Waals surface area contributed by atoms with Crippen molar-refractivity contribution in [3.63, 3.8) is 0 Å². The highest BCUT2D eigenvalue weighted by Gasteiger charge is 2.50. The van der Waals surface area contributed by atoms with Gasteiger partial charge >= 0.3 is 5.97 Å². The lowest BCUT2D eigenvalue weighted by atomic mass is 9.66. The fourth-order valence-corrected chi connectivity index (χ4v) is 5.16. The Morgan fingerprint density at radius 1 is 1.03 bits per heavy atom. The maximum atomic E-state index is 13.5. The maximum Gasteiger partial charge on any atom is 0.338 e. The van der Waals surface area contributed by atoms with Crippen LogP contribution < -0.4 is 0 Å². The summed E-state index contributed by atoms with van der Waals surface area (Å²) in [6, 6.07) is 16.9. The topological polar surface area (TPSA) is 63.7 Å². The third kappa shape index (κ3) is 4.29. The first-order chi connectivity index (χ1) is 15.4. The number of amides is 2. The molecule has 0 radical (unpaired) electrons. The molecule has 3 aliphatic rings. The van der Waals surface area contributed by atoms with E-state index in [0.29, 0.717) is 12.0 Å². The summed E-state index contributed by atoms with van der Waals surface area (Å²) >= 11 is 3.34. The van der Waals surface area contributed by atoms with E-state index in [-0.39, 0.29) is 48.6 Å². The molecule has 2 aromatic carbocycles. The maximum absolute atomic E-state index is 13.5. The molecule has 2 amide bonds. The van der Waals surface area contributed by atoms with Crippen molar-refractivity contribution in [2.45, 2.75) is 26.2 Å². The summed E-state index contributed by atoms with van der Waals surface area (Å²) in [5, 5.41) is 0. The van der Waals surface area contributed by atoms with E-state index in [1.807, 2.05) is 43.3 Å². The number of esters is 1. The molecule has 2 bridgehead atoms. The van der Waals surface area contributed by atoms with Gasteiger partial charge in [-0.25, -0.2) is 4.79 Å². The predicted molar refractivity (Wildman–Crippen MR) is 125 cm³/mol. The molecule has 0 unspecified atom stereocenters. The van der Waals surface area contributed by atoms with Crippen molar-refractivity contribution in [3.05, 3.63) is 81.8 Å². The number of carbonyl (C=O) groups is 3. The molecule has 2 aliphatic heterocycles. The van der Waals surface area contributed by atoms with Crippen LogP contribution in [-0.4, -0.2) is 35.8 Å². The molecule has 0 N–H and O–H groups in total. The molecule has 5 nitrogen and oxygen atoms in total. The van der Waals surface area contributed by atoms with Crippen LogP contribution in [0.25, 0.3) is 0 Å². The highest BCUT2D eigenvalue weighted by Crippen LogP contribution is 2.48. The van der Waals surface area contributed by atoms with Crippen LogP contribution in [0.5, 0.6) is 0 Å². The van der Waals surface area contributed by atoms with Crippen LogP contribution in [0.4, 0.5) is 0 Å². The number of rotatable bonds is 6. The molecule has 4 atom stereocenters. The lowest BCUT2D eigenvalue weighted by molar-refractivity contribution is -0.146. The Bertz CT molecular complexity index is 1050. The Kier molecular flexibility index (Phi) is 6.60. The van der Waals surface area contributed by atoms with Crippen LogP contribution in [0.3, 0.4) is 0 Å². The van der Waals surface area contributed by atoms with Crippen LogP contribution in [-0.2, 0) is 14.3 Å². The van der Waals surface area contributed by atoms with Crippen LogP contribution in [0, 0.1) is 17.8 Å². The number of imide groups is 1. The minimum atomic E-state index is -0.415. The van der Waals surface area contributed by atoms with Gasteiger partial charge in [-0.2, -0.15) is 0 Å². The zero-order valence-corrected chi connectivity index (χ0v) is 19.7. The van der Waals surface area contributed by atoms with Gasteiger partial charge in [-0.3, -0.25) is 14.5 Å². The second-order valence-electron chi connectivity index (χ2n) is 8.53. The minimum absolute atomic E-state index is 0.0251. The first-order valence-electron chi connectivity index (χ1n) is 10.9. The molecule has 1 saturated heterocycles. The molecule has 0 spiro atoms. The van der Waals surface area contributed by atoms with Crippen LogP contribution in [0.1, 0.15) is 42.1 Å². The molecule has 0 saturated carbocycles. The van der Waals surface area contributed by atoms with E-state index in [2.05, 4.69) is 22.9 Å². The fraction of sp³-hybridized carbons (Fsp3) is 0.346. The van der Waals surface area contributed by atoms with Gasteiger partial charge in [-0.1, -0.05) is 64.8 Å². The van der Waals surface area contributed by atoms with Crippen LogP contribution in [0.2, 0.25) is 0 Å². The van der Waals surface area contributed by atoms with Crippen LogP contribution >= 0.6 is 15.9 Å². The van der Waals surface area contributed by atoms with E-state index < -0.39 is 5.97 Å². The molecule has 2 heterocycles. The van der Waals surface area contributed by atoms with Gasteiger partial charge in [0.2, 0.25) is 11.8 Å². The minimum Gasteiger partial charge on any atom is -0.462 e. The molecule has 1 fully saturated rings. The van der Waals surface area contributed by atoms with E-state index in [1.54, 1.807) is 24.3 Å². The number of fused-ring (bicyclic) bond motifs is 3. The van der Waals surface area contributed by atoms with Crippen molar-refractivity contribution in [1.82, 2.24) is 4.90 Å². The molecule has 1 aliphatic carbocycles. The molecule has 32 heavy (non-hydrogen) atoms. The Morgan fingerprint density at radius 3 is 2.41 bits per heavy atom. The van der Waals surface area contributed by atoms with E-state index in [0.717, 1.165) is 15.6 Å². The first-order valence-corrected chi connectivity index (χ1v) is 11.7.